The summed E-state index contributed by atoms with van der Waals surface area (Å²) in [5.74, 6) is -0.680. The minimum Gasteiger partial charge on any atom is -0.370 e. The molecule has 0 bridgehead atoms. The van der Waals surface area contributed by atoms with Crippen LogP contribution < -0.4 is 16.8 Å². The van der Waals surface area contributed by atoms with Crippen molar-refractivity contribution in [2.45, 2.75) is 44.7 Å². The van der Waals surface area contributed by atoms with Crippen molar-refractivity contribution in [2.75, 3.05) is 13.1 Å². The molecule has 1 saturated heterocycles. The van der Waals surface area contributed by atoms with Crippen molar-refractivity contribution in [1.29, 1.82) is 0 Å². The fourth-order valence-corrected chi connectivity index (χ4v) is 6.28. The Morgan fingerprint density at radius 1 is 1.40 bits per heavy atom. The Kier molecular flexibility index (Phi) is 7.48. The van der Waals surface area contributed by atoms with Gasteiger partial charge >= 0.3 is 0 Å². The molecule has 3 atom stereocenters. The first-order chi connectivity index (χ1) is 14.4. The number of nitrogens with zero attached hydrogens (tertiary/aromatic N) is 3. The minimum atomic E-state index is -0.745. The Balaban J connectivity index is 1.70. The summed E-state index contributed by atoms with van der Waals surface area (Å²) in [6.07, 6.45) is 8.04. The van der Waals surface area contributed by atoms with E-state index in [2.05, 4.69) is 14.7 Å². The van der Waals surface area contributed by atoms with Gasteiger partial charge in [0.05, 0.1) is 10.2 Å². The number of aliphatic imine (C=N–C) groups is 1. The molecule has 3 rings (SSSR count). The number of hydrogen-bond acceptors (Lipinski definition) is 6. The van der Waals surface area contributed by atoms with Gasteiger partial charge in [-0.05, 0) is 47.8 Å². The van der Waals surface area contributed by atoms with E-state index in [0.717, 1.165) is 10.6 Å². The monoisotopic (exact) mass is 450 g/mol. The second-order valence-corrected chi connectivity index (χ2v) is 9.88. The van der Waals surface area contributed by atoms with Gasteiger partial charge in [0, 0.05) is 20.0 Å². The van der Waals surface area contributed by atoms with Gasteiger partial charge in [-0.2, -0.15) is 0 Å². The number of rotatable bonds is 8. The summed E-state index contributed by atoms with van der Waals surface area (Å²) >= 11 is 1.35. The number of amides is 2. The van der Waals surface area contributed by atoms with Crippen LogP contribution in [0.2, 0.25) is 0 Å². The predicted octanol–water partition coefficient (Wildman–Crippen LogP) is 0.647. The third-order valence-electron chi connectivity index (χ3n) is 4.88. The normalized spacial score (nSPS) is 23.0. The Hall–Kier alpha value is -2.40. The smallest absolute Gasteiger partial charge is 0.243 e. The van der Waals surface area contributed by atoms with E-state index in [0.29, 0.717) is 37.4 Å². The molecule has 11 heteroatoms. The first-order valence-electron chi connectivity index (χ1n) is 9.75. The fourth-order valence-electron chi connectivity index (χ4n) is 3.45. The van der Waals surface area contributed by atoms with Gasteiger partial charge in [0.2, 0.25) is 17.6 Å². The molecule has 0 spiro atoms. The SMILES string of the molecule is CC(=O)N1CCC[C@H]1C(=O)N[C@H](CCCN=C(N)N)C(=O)C1=NS2=C(C=CC=C2)S1. The molecule has 0 radical (unpaired) electrons. The quantitative estimate of drug-likeness (QED) is 0.214. The van der Waals surface area contributed by atoms with Crippen molar-refractivity contribution >= 4 is 55.2 Å². The van der Waals surface area contributed by atoms with Crippen molar-refractivity contribution in [3.63, 3.8) is 0 Å². The van der Waals surface area contributed by atoms with Gasteiger partial charge in [0.25, 0.3) is 0 Å². The molecule has 5 N–H and O–H groups in total. The lowest BCUT2D eigenvalue weighted by Gasteiger charge is -2.25. The maximum Gasteiger partial charge on any atom is 0.243 e. The summed E-state index contributed by atoms with van der Waals surface area (Å²) in [6, 6.07) is -1.29. The van der Waals surface area contributed by atoms with Crippen molar-refractivity contribution < 1.29 is 14.4 Å². The van der Waals surface area contributed by atoms with Crippen LogP contribution >= 0.6 is 22.4 Å². The lowest BCUT2D eigenvalue weighted by atomic mass is 10.1. The Bertz CT molecular complexity index is 889. The zero-order valence-corrected chi connectivity index (χ0v) is 18.4. The number of carbonyl (C=O) groups is 3. The highest BCUT2D eigenvalue weighted by molar-refractivity contribution is 8.44. The molecular weight excluding hydrogens is 424 g/mol. The van der Waals surface area contributed by atoms with E-state index < -0.39 is 22.8 Å². The third-order valence-corrected chi connectivity index (χ3v) is 7.93. The number of nitrogens with one attached hydrogen (secondary N) is 1. The van der Waals surface area contributed by atoms with Crippen LogP contribution in [0.25, 0.3) is 0 Å². The van der Waals surface area contributed by atoms with Gasteiger partial charge in [-0.3, -0.25) is 19.4 Å². The van der Waals surface area contributed by atoms with Gasteiger partial charge in [-0.25, -0.2) is 4.40 Å². The highest BCUT2D eigenvalue weighted by Gasteiger charge is 2.36. The number of likely N-dealkylation sites (tertiary alicyclic amines) is 1. The molecule has 0 saturated carbocycles. The molecule has 162 valence electrons. The van der Waals surface area contributed by atoms with E-state index in [9.17, 15) is 14.4 Å². The molecule has 2 amide bonds. The minimum absolute atomic E-state index is 0.0130. The fraction of sp³-hybridized carbons (Fsp3) is 0.474. The van der Waals surface area contributed by atoms with Crippen LogP contribution in [-0.2, 0) is 14.4 Å². The second-order valence-electron chi connectivity index (χ2n) is 7.06. The number of guanidine groups is 1. The van der Waals surface area contributed by atoms with Gasteiger partial charge in [-0.1, -0.05) is 23.9 Å². The van der Waals surface area contributed by atoms with E-state index >= 15 is 0 Å². The molecule has 3 heterocycles. The van der Waals surface area contributed by atoms with E-state index in [1.165, 1.54) is 18.7 Å². The number of Topliss-reactive ketones (excluding diaryl/α,β-unsaturated/α-hetero) is 1. The van der Waals surface area contributed by atoms with Gasteiger partial charge in [-0.15, -0.1) is 0 Å². The van der Waals surface area contributed by atoms with E-state index in [1.54, 1.807) is 4.90 Å². The highest BCUT2D eigenvalue weighted by atomic mass is 32.2. The molecule has 3 aliphatic rings. The second kappa shape index (κ2) is 10.1. The lowest BCUT2D eigenvalue weighted by molar-refractivity contribution is -0.137. The molecule has 30 heavy (non-hydrogen) atoms. The summed E-state index contributed by atoms with van der Waals surface area (Å²) in [7, 11) is -0.434. The van der Waals surface area contributed by atoms with E-state index in [-0.39, 0.29) is 23.6 Å². The molecule has 1 unspecified atom stereocenters. The van der Waals surface area contributed by atoms with Crippen molar-refractivity contribution in [1.82, 2.24) is 10.2 Å². The third kappa shape index (κ3) is 5.39. The van der Waals surface area contributed by atoms with E-state index in [1.807, 2.05) is 23.6 Å². The zero-order valence-electron chi connectivity index (χ0n) is 16.7. The van der Waals surface area contributed by atoms with Crippen LogP contribution in [0.3, 0.4) is 0 Å². The van der Waals surface area contributed by atoms with Crippen LogP contribution in [0.1, 0.15) is 32.6 Å². The van der Waals surface area contributed by atoms with Crippen LogP contribution in [0.4, 0.5) is 0 Å². The van der Waals surface area contributed by atoms with Crippen LogP contribution in [-0.4, -0.2) is 62.9 Å². The van der Waals surface area contributed by atoms with Crippen molar-refractivity contribution in [2.24, 2.45) is 20.9 Å². The number of ketones is 1. The Morgan fingerprint density at radius 2 is 2.20 bits per heavy atom. The van der Waals surface area contributed by atoms with Crippen LogP contribution in [0.15, 0.2) is 33.0 Å². The number of hydrogen-bond donors (Lipinski definition) is 3. The van der Waals surface area contributed by atoms with Crippen molar-refractivity contribution in [3.05, 3.63) is 23.6 Å². The molecule has 1 fully saturated rings. The molecule has 0 aromatic carbocycles. The largest absolute Gasteiger partial charge is 0.370 e. The molecule has 0 aromatic heterocycles. The summed E-state index contributed by atoms with van der Waals surface area (Å²) in [5, 5.41) is 5.21. The van der Waals surface area contributed by atoms with Gasteiger partial charge in [0.15, 0.2) is 11.0 Å². The van der Waals surface area contributed by atoms with Crippen LogP contribution in [0.5, 0.6) is 0 Å². The first kappa shape index (κ1) is 22.3. The molecule has 3 aliphatic heterocycles. The Labute approximate surface area is 182 Å². The first-order valence-corrected chi connectivity index (χ1v) is 11.8. The van der Waals surface area contributed by atoms with Gasteiger partial charge < -0.3 is 21.7 Å². The molecule has 9 nitrogen and oxygen atoms in total. The van der Waals surface area contributed by atoms with Crippen LogP contribution in [0, 0.1) is 0 Å². The maximum absolute atomic E-state index is 13.2. The topological polar surface area (TPSA) is 143 Å². The molecular formula is C19H26N6O3S2. The van der Waals surface area contributed by atoms with E-state index in [4.69, 9.17) is 11.5 Å². The number of allylic oxidation sites excluding steroid dienone is 2. The summed E-state index contributed by atoms with van der Waals surface area (Å²) in [4.78, 5) is 43.4. The van der Waals surface area contributed by atoms with Crippen molar-refractivity contribution in [3.8, 4) is 0 Å². The van der Waals surface area contributed by atoms with Gasteiger partial charge in [0.1, 0.15) is 6.04 Å². The average Bonchev–Trinajstić information content (AvgIpc) is 3.36. The highest BCUT2D eigenvalue weighted by Crippen LogP contribution is 2.36. The lowest BCUT2D eigenvalue weighted by Crippen LogP contribution is -2.51. The number of nitrogens with two attached hydrogens (primary N) is 2. The summed E-state index contributed by atoms with van der Waals surface area (Å²) < 4.78 is 5.55. The molecule has 0 aromatic rings. The number of thioether (sulfide) groups is 1. The maximum atomic E-state index is 13.2. The zero-order chi connectivity index (χ0) is 21.7. The average molecular weight is 451 g/mol. The standard InChI is InChI=1S/C19H26N6O3S2/c1-12(26)25-10-5-7-14(25)17(28)23-13(6-4-9-22-19(20)21)16(27)18-24-30-11-3-2-8-15(30)29-18/h2-3,8,11,13-14H,4-7,9-10H2,1H3,(H,23,28)(H4,20,21,22)/t13-,14+,30?/m1/s1. The summed E-state index contributed by atoms with van der Waals surface area (Å²) in [5.41, 5.74) is 10.7. The predicted molar refractivity (Wildman–Crippen MR) is 123 cm³/mol. The summed E-state index contributed by atoms with van der Waals surface area (Å²) in [6.45, 7) is 2.37. The molecule has 0 aliphatic carbocycles. The Morgan fingerprint density at radius 3 is 2.90 bits per heavy atom. The number of carbonyl (C=O) groups excluding carboxylic acids is 3.